The van der Waals surface area contributed by atoms with E-state index >= 15 is 0 Å². The predicted octanol–water partition coefficient (Wildman–Crippen LogP) is 3.50. The van der Waals surface area contributed by atoms with Gasteiger partial charge < -0.3 is 5.32 Å². The molecule has 0 unspecified atom stereocenters. The van der Waals surface area contributed by atoms with Gasteiger partial charge in [0, 0.05) is 49.2 Å². The third kappa shape index (κ3) is 4.25. The zero-order valence-electron chi connectivity index (χ0n) is 10.8. The molecule has 7 heteroatoms. The Bertz CT molecular complexity index is 406. The van der Waals surface area contributed by atoms with E-state index in [1.54, 1.807) is 6.07 Å². The molecule has 2 rings (SSSR count). The van der Waals surface area contributed by atoms with Crippen LogP contribution in [-0.4, -0.2) is 37.5 Å². The van der Waals surface area contributed by atoms with Crippen LogP contribution < -0.4 is 5.32 Å². The molecule has 1 aliphatic heterocycles. The van der Waals surface area contributed by atoms with E-state index in [2.05, 4.69) is 5.32 Å². The molecule has 0 amide bonds. The summed E-state index contributed by atoms with van der Waals surface area (Å²) in [5.74, 6) is -0.517. The quantitative estimate of drug-likeness (QED) is 0.910. The molecule has 20 heavy (non-hydrogen) atoms. The molecule has 1 fully saturated rings. The Labute approximate surface area is 127 Å². The van der Waals surface area contributed by atoms with E-state index in [1.165, 1.54) is 12.1 Å². The summed E-state index contributed by atoms with van der Waals surface area (Å²) in [6.45, 7) is 2.65. The lowest BCUT2D eigenvalue weighted by Gasteiger charge is -2.35. The van der Waals surface area contributed by atoms with E-state index in [4.69, 9.17) is 11.6 Å². The second kappa shape index (κ2) is 8.08. The van der Waals surface area contributed by atoms with Crippen LogP contribution in [0.15, 0.2) is 18.2 Å². The highest BCUT2D eigenvalue weighted by Gasteiger charge is 2.29. The smallest absolute Gasteiger partial charge is 0.240 e. The SMILES string of the molecule is Cl.Fc1cccc(Cl)c1[C@H](CC(F)F)N1CCNCC1. The minimum Gasteiger partial charge on any atom is -0.314 e. The van der Waals surface area contributed by atoms with Crippen molar-refractivity contribution >= 4 is 24.0 Å². The molecule has 1 heterocycles. The summed E-state index contributed by atoms with van der Waals surface area (Å²) in [5, 5.41) is 3.36. The van der Waals surface area contributed by atoms with E-state index in [-0.39, 0.29) is 23.0 Å². The number of hydrogen-bond donors (Lipinski definition) is 1. The van der Waals surface area contributed by atoms with Gasteiger partial charge in [-0.3, -0.25) is 4.90 Å². The summed E-state index contributed by atoms with van der Waals surface area (Å²) in [7, 11) is 0. The average Bonchev–Trinajstić information content (AvgIpc) is 2.38. The summed E-state index contributed by atoms with van der Waals surface area (Å²) >= 11 is 6.00. The van der Waals surface area contributed by atoms with Crippen LogP contribution in [-0.2, 0) is 0 Å². The number of nitrogens with zero attached hydrogens (tertiary/aromatic N) is 1. The Hall–Kier alpha value is -0.490. The lowest BCUT2D eigenvalue weighted by molar-refractivity contribution is 0.0726. The lowest BCUT2D eigenvalue weighted by atomic mass is 10.0. The first kappa shape index (κ1) is 17.6. The van der Waals surface area contributed by atoms with Gasteiger partial charge in [0.1, 0.15) is 5.82 Å². The third-order valence-electron chi connectivity index (χ3n) is 3.33. The number of halogens is 5. The van der Waals surface area contributed by atoms with Crippen molar-refractivity contribution in [3.05, 3.63) is 34.6 Å². The second-order valence-corrected chi connectivity index (χ2v) is 4.97. The highest BCUT2D eigenvalue weighted by atomic mass is 35.5. The number of piperazine rings is 1. The van der Waals surface area contributed by atoms with Gasteiger partial charge in [-0.1, -0.05) is 17.7 Å². The van der Waals surface area contributed by atoms with Gasteiger partial charge in [-0.2, -0.15) is 0 Å². The van der Waals surface area contributed by atoms with Crippen molar-refractivity contribution < 1.29 is 13.2 Å². The molecule has 1 aromatic rings. The summed E-state index contributed by atoms with van der Waals surface area (Å²) in [6, 6.07) is 3.62. The van der Waals surface area contributed by atoms with E-state index in [1.807, 2.05) is 4.90 Å². The average molecular weight is 329 g/mol. The summed E-state index contributed by atoms with van der Waals surface area (Å²) in [6.07, 6.45) is -2.89. The maximum absolute atomic E-state index is 13.9. The van der Waals surface area contributed by atoms with Crippen LogP contribution in [0.3, 0.4) is 0 Å². The molecule has 1 aromatic carbocycles. The van der Waals surface area contributed by atoms with Gasteiger partial charge in [-0.25, -0.2) is 13.2 Å². The van der Waals surface area contributed by atoms with Crippen LogP contribution in [0.25, 0.3) is 0 Å². The highest BCUT2D eigenvalue weighted by molar-refractivity contribution is 6.31. The van der Waals surface area contributed by atoms with E-state index < -0.39 is 24.7 Å². The molecule has 2 nitrogen and oxygen atoms in total. The first-order valence-electron chi connectivity index (χ1n) is 6.26. The van der Waals surface area contributed by atoms with Crippen molar-refractivity contribution in [1.29, 1.82) is 0 Å². The molecule has 0 spiro atoms. The second-order valence-electron chi connectivity index (χ2n) is 4.56. The van der Waals surface area contributed by atoms with Gasteiger partial charge in [0.05, 0.1) is 0 Å². The monoisotopic (exact) mass is 328 g/mol. The fourth-order valence-corrected chi connectivity index (χ4v) is 2.73. The number of rotatable bonds is 4. The van der Waals surface area contributed by atoms with Gasteiger partial charge in [0.2, 0.25) is 6.43 Å². The molecule has 1 saturated heterocycles. The van der Waals surface area contributed by atoms with Gasteiger partial charge in [-0.05, 0) is 12.1 Å². The van der Waals surface area contributed by atoms with Crippen LogP contribution in [0.1, 0.15) is 18.0 Å². The topological polar surface area (TPSA) is 15.3 Å². The summed E-state index contributed by atoms with van der Waals surface area (Å²) < 4.78 is 39.5. The Morgan fingerprint density at radius 2 is 1.90 bits per heavy atom. The largest absolute Gasteiger partial charge is 0.314 e. The molecule has 0 bridgehead atoms. The first-order valence-corrected chi connectivity index (χ1v) is 6.64. The van der Waals surface area contributed by atoms with E-state index in [9.17, 15) is 13.2 Å². The Morgan fingerprint density at radius 3 is 2.45 bits per heavy atom. The maximum atomic E-state index is 13.9. The van der Waals surface area contributed by atoms with Gasteiger partial charge >= 0.3 is 0 Å². The normalized spacial score (nSPS) is 17.9. The van der Waals surface area contributed by atoms with E-state index in [0.29, 0.717) is 26.2 Å². The van der Waals surface area contributed by atoms with Gasteiger partial charge in [-0.15, -0.1) is 12.4 Å². The van der Waals surface area contributed by atoms with Crippen molar-refractivity contribution in [1.82, 2.24) is 10.2 Å². The fourth-order valence-electron chi connectivity index (χ4n) is 2.44. The zero-order valence-corrected chi connectivity index (χ0v) is 12.4. The van der Waals surface area contributed by atoms with Crippen molar-refractivity contribution in [2.45, 2.75) is 18.9 Å². The molecule has 0 radical (unpaired) electrons. The van der Waals surface area contributed by atoms with Crippen LogP contribution in [0.2, 0.25) is 5.02 Å². The summed E-state index contributed by atoms with van der Waals surface area (Å²) in [4.78, 5) is 1.87. The van der Waals surface area contributed by atoms with Crippen molar-refractivity contribution in [3.8, 4) is 0 Å². The fraction of sp³-hybridized carbons (Fsp3) is 0.538. The number of benzene rings is 1. The minimum atomic E-state index is -2.49. The molecule has 1 N–H and O–H groups in total. The molecule has 0 saturated carbocycles. The van der Waals surface area contributed by atoms with Crippen LogP contribution in [0.4, 0.5) is 13.2 Å². The molecule has 0 aliphatic carbocycles. The molecule has 114 valence electrons. The lowest BCUT2D eigenvalue weighted by Crippen LogP contribution is -2.45. The molecular weight excluding hydrogens is 312 g/mol. The van der Waals surface area contributed by atoms with Gasteiger partial charge in [0.15, 0.2) is 0 Å². The summed E-state index contributed by atoms with van der Waals surface area (Å²) in [5.41, 5.74) is 0.186. The van der Waals surface area contributed by atoms with Crippen molar-refractivity contribution in [2.24, 2.45) is 0 Å². The maximum Gasteiger partial charge on any atom is 0.240 e. The van der Waals surface area contributed by atoms with Crippen molar-refractivity contribution in [2.75, 3.05) is 26.2 Å². The first-order chi connectivity index (χ1) is 9.09. The molecule has 0 aromatic heterocycles. The Balaban J connectivity index is 0.00000200. The number of hydrogen-bond acceptors (Lipinski definition) is 2. The van der Waals surface area contributed by atoms with Crippen LogP contribution >= 0.6 is 24.0 Å². The number of nitrogens with one attached hydrogen (secondary N) is 1. The standard InChI is InChI=1S/C13H16ClF3N2.ClH/c14-9-2-1-3-10(15)13(9)11(8-12(16)17)19-6-4-18-5-7-19;/h1-3,11-12,18H,4-8H2;1H/t11-;/m0./s1. The third-order valence-corrected chi connectivity index (χ3v) is 3.66. The highest BCUT2D eigenvalue weighted by Crippen LogP contribution is 2.34. The zero-order chi connectivity index (χ0) is 13.8. The molecular formula is C13H17Cl2F3N2. The van der Waals surface area contributed by atoms with Crippen LogP contribution in [0.5, 0.6) is 0 Å². The van der Waals surface area contributed by atoms with Crippen LogP contribution in [0, 0.1) is 5.82 Å². The molecule has 1 atom stereocenters. The number of alkyl halides is 2. The van der Waals surface area contributed by atoms with Crippen molar-refractivity contribution in [3.63, 3.8) is 0 Å². The Morgan fingerprint density at radius 1 is 1.25 bits per heavy atom. The van der Waals surface area contributed by atoms with Gasteiger partial charge in [0.25, 0.3) is 0 Å². The minimum absolute atomic E-state index is 0. The van der Waals surface area contributed by atoms with E-state index in [0.717, 1.165) is 0 Å². The molecule has 1 aliphatic rings. The predicted molar refractivity (Wildman–Crippen MR) is 76.5 cm³/mol. The Kier molecular flexibility index (Phi) is 7.09.